The summed E-state index contributed by atoms with van der Waals surface area (Å²) in [5.41, 5.74) is -3.33. The summed E-state index contributed by atoms with van der Waals surface area (Å²) in [6.45, 7) is 8.16. The van der Waals surface area contributed by atoms with Crippen molar-refractivity contribution in [3.05, 3.63) is 70.9 Å². The number of carbonyl (C=O) groups excluding carboxylic acids is 4. The molecular weight excluding hydrogens is 769 g/mol. The van der Waals surface area contributed by atoms with Crippen molar-refractivity contribution in [1.82, 2.24) is 14.8 Å². The first-order chi connectivity index (χ1) is 28.8. The zero-order chi connectivity index (χ0) is 42.6. The molecule has 1 amide bonds. The Morgan fingerprint density at radius 3 is 2.38 bits per heavy atom. The van der Waals surface area contributed by atoms with Crippen LogP contribution in [-0.4, -0.2) is 133 Å². The molecule has 2 unspecified atom stereocenters. The first-order valence-electron chi connectivity index (χ1n) is 21.3. The number of para-hydroxylation sites is 1. The summed E-state index contributed by atoms with van der Waals surface area (Å²) in [5, 5.41) is 26.2. The predicted octanol–water partition coefficient (Wildman–Crippen LogP) is 3.52. The van der Waals surface area contributed by atoms with Crippen molar-refractivity contribution in [1.29, 1.82) is 0 Å². The number of hydrogen-bond acceptors (Lipinski definition) is 12. The number of esters is 3. The van der Waals surface area contributed by atoms with Crippen molar-refractivity contribution in [2.45, 2.75) is 99.5 Å². The Labute approximate surface area is 349 Å². The van der Waals surface area contributed by atoms with E-state index in [4.69, 9.17) is 18.9 Å². The number of aliphatic hydroxyl groups is 2. The molecule has 6 heterocycles. The van der Waals surface area contributed by atoms with Crippen LogP contribution in [0, 0.1) is 11.3 Å². The Hall–Kier alpha value is -4.76. The van der Waals surface area contributed by atoms with Gasteiger partial charge in [0.1, 0.15) is 11.2 Å². The van der Waals surface area contributed by atoms with Crippen LogP contribution < -0.4 is 9.64 Å². The average Bonchev–Trinajstić information content (AvgIpc) is 3.93. The number of carbonyl (C=O) groups is 4. The summed E-state index contributed by atoms with van der Waals surface area (Å²) in [4.78, 5) is 66.3. The number of nitrogens with one attached hydrogen (secondary N) is 1. The zero-order valence-corrected chi connectivity index (χ0v) is 35.3. The van der Waals surface area contributed by atoms with Gasteiger partial charge in [-0.3, -0.25) is 24.2 Å². The number of ether oxygens (including phenoxy) is 4. The highest BCUT2D eigenvalue weighted by molar-refractivity contribution is 5.98. The molecule has 320 valence electrons. The van der Waals surface area contributed by atoms with Crippen molar-refractivity contribution in [3.8, 4) is 5.75 Å². The van der Waals surface area contributed by atoms with Crippen LogP contribution in [0.4, 0.5) is 5.69 Å². The van der Waals surface area contributed by atoms with Gasteiger partial charge in [0.2, 0.25) is 12.0 Å². The highest BCUT2D eigenvalue weighted by Crippen LogP contribution is 2.69. The van der Waals surface area contributed by atoms with Crippen molar-refractivity contribution < 1.29 is 48.3 Å². The number of rotatable bonds is 8. The topological polar surface area (TPSA) is 171 Å². The highest BCUT2D eigenvalue weighted by atomic mass is 16.6. The molecule has 1 aliphatic carbocycles. The van der Waals surface area contributed by atoms with E-state index in [0.717, 1.165) is 16.5 Å². The van der Waals surface area contributed by atoms with Crippen LogP contribution in [0.2, 0.25) is 0 Å². The number of fused-ring (bicyclic) bond motifs is 6. The maximum Gasteiger partial charge on any atom is 0.344 e. The second kappa shape index (κ2) is 14.1. The van der Waals surface area contributed by atoms with Gasteiger partial charge < -0.3 is 39.0 Å². The molecule has 2 aromatic carbocycles. The van der Waals surface area contributed by atoms with Gasteiger partial charge in [0, 0.05) is 72.1 Å². The van der Waals surface area contributed by atoms with Gasteiger partial charge in [0.25, 0.3) is 0 Å². The Kier molecular flexibility index (Phi) is 9.58. The van der Waals surface area contributed by atoms with Crippen LogP contribution in [0.5, 0.6) is 5.75 Å². The number of piperidine rings is 1. The summed E-state index contributed by atoms with van der Waals surface area (Å²) in [7, 11) is 4.05. The summed E-state index contributed by atoms with van der Waals surface area (Å²) < 4.78 is 23.9. The molecule has 60 heavy (non-hydrogen) atoms. The summed E-state index contributed by atoms with van der Waals surface area (Å²) >= 11 is 0. The number of H-pyrrole nitrogens is 1. The quantitative estimate of drug-likeness (QED) is 0.131. The average molecular weight is 825 g/mol. The summed E-state index contributed by atoms with van der Waals surface area (Å²) in [5.74, 6) is -2.20. The minimum absolute atomic E-state index is 0.169. The van der Waals surface area contributed by atoms with E-state index in [9.17, 15) is 24.6 Å². The Morgan fingerprint density at radius 2 is 1.70 bits per heavy atom. The van der Waals surface area contributed by atoms with Crippen LogP contribution in [0.15, 0.2) is 48.6 Å². The molecule has 14 nitrogen and oxygen atoms in total. The minimum atomic E-state index is -2.55. The van der Waals surface area contributed by atoms with Gasteiger partial charge in [0.15, 0.2) is 6.10 Å². The lowest BCUT2D eigenvalue weighted by Crippen LogP contribution is -2.81. The van der Waals surface area contributed by atoms with Gasteiger partial charge >= 0.3 is 17.9 Å². The molecular formula is C46H56N4O10. The lowest BCUT2D eigenvalue weighted by atomic mass is 9.47. The van der Waals surface area contributed by atoms with E-state index in [1.54, 1.807) is 0 Å². The third kappa shape index (κ3) is 5.13. The molecule has 9 rings (SSSR count). The Balaban J connectivity index is 1.36. The normalized spacial score (nSPS) is 36.5. The van der Waals surface area contributed by atoms with E-state index in [-0.39, 0.29) is 18.1 Å². The standard InChI is InChI=1S/C46H56N4O10/c1-7-42(55)22-28-23-45(40(53)58-5,36-30(16-20-48(24-28)25-42)29-12-9-10-13-33(29)47-36)32-15-14-31-34(35(32)57-4)50(26-51)38-44(31)18-21-49-19-11-17-43(8-2,37(44)49)39(60-27(3)52)46(38,56)41(54)59-6/h9-15,17,26,28,37-39,47,55-56H,7-8,16,18-25H2,1-6H3/t28-,37+,38-,39-,42+,43-,44-,45?,46?/m1/s1. The molecule has 0 radical (unpaired) electrons. The van der Waals surface area contributed by atoms with Crippen molar-refractivity contribution >= 4 is 40.9 Å². The molecule has 3 fully saturated rings. The van der Waals surface area contributed by atoms with Gasteiger partial charge in [-0.05, 0) is 68.2 Å². The molecule has 1 saturated carbocycles. The van der Waals surface area contributed by atoms with Gasteiger partial charge in [-0.25, -0.2) is 4.79 Å². The molecule has 10 atom stereocenters. The lowest BCUT2D eigenvalue weighted by Gasteiger charge is -2.63. The second-order valence-corrected chi connectivity index (χ2v) is 18.1. The Bertz CT molecular complexity index is 2310. The number of aromatic amines is 1. The summed E-state index contributed by atoms with van der Waals surface area (Å²) in [6, 6.07) is 10.1. The SMILES string of the molecule is CC[C@]1(O)C[C@H]2C[N@@](CCc3c([nH]c4ccccc34)C(C(=O)OC)(c3ccc4c(c3OC)N(C=O)[C@H]3C(O)(C(=O)OC)[C@H](OC(C)=O)[C@]5(CC)C=CCN6CC[C@]43[C@@H]65)C2)C1. The third-order valence-corrected chi connectivity index (χ3v) is 15.5. The van der Waals surface area contributed by atoms with E-state index in [0.29, 0.717) is 93.7 Å². The van der Waals surface area contributed by atoms with Crippen LogP contribution in [0.3, 0.4) is 0 Å². The molecule has 2 bridgehead atoms. The van der Waals surface area contributed by atoms with Gasteiger partial charge in [-0.2, -0.15) is 0 Å². The van der Waals surface area contributed by atoms with Crippen LogP contribution in [-0.2, 0) is 50.6 Å². The molecule has 1 aromatic heterocycles. The minimum Gasteiger partial charge on any atom is -0.494 e. The lowest BCUT2D eigenvalue weighted by molar-refractivity contribution is -0.228. The third-order valence-electron chi connectivity index (χ3n) is 15.5. The number of aromatic nitrogens is 1. The molecule has 5 aliphatic heterocycles. The molecule has 2 saturated heterocycles. The fourth-order valence-electron chi connectivity index (χ4n) is 13.4. The smallest absolute Gasteiger partial charge is 0.344 e. The number of amides is 1. The maximum absolute atomic E-state index is 15.2. The van der Waals surface area contributed by atoms with E-state index in [2.05, 4.69) is 14.8 Å². The number of methoxy groups -OCH3 is 3. The molecule has 6 aliphatic rings. The number of nitrogens with zero attached hydrogens (tertiary/aromatic N) is 3. The number of hydrogen-bond donors (Lipinski definition) is 3. The van der Waals surface area contributed by atoms with E-state index in [1.165, 1.54) is 33.2 Å². The highest BCUT2D eigenvalue weighted by Gasteiger charge is 2.81. The molecule has 1 spiro atoms. The van der Waals surface area contributed by atoms with Crippen LogP contribution in [0.1, 0.15) is 75.3 Å². The van der Waals surface area contributed by atoms with Crippen molar-refractivity contribution in [3.63, 3.8) is 0 Å². The van der Waals surface area contributed by atoms with Crippen molar-refractivity contribution in [2.75, 3.05) is 59.0 Å². The van der Waals surface area contributed by atoms with E-state index < -0.39 is 63.5 Å². The van der Waals surface area contributed by atoms with E-state index >= 15 is 4.79 Å². The monoisotopic (exact) mass is 824 g/mol. The number of anilines is 1. The first kappa shape index (κ1) is 40.6. The van der Waals surface area contributed by atoms with Crippen molar-refractivity contribution in [2.24, 2.45) is 11.3 Å². The molecule has 3 aromatic rings. The fourth-order valence-corrected chi connectivity index (χ4v) is 13.4. The zero-order valence-electron chi connectivity index (χ0n) is 35.3. The summed E-state index contributed by atoms with van der Waals surface area (Å²) in [6.07, 6.45) is 5.79. The number of benzene rings is 2. The predicted molar refractivity (Wildman–Crippen MR) is 221 cm³/mol. The Morgan fingerprint density at radius 1 is 0.950 bits per heavy atom. The van der Waals surface area contributed by atoms with Gasteiger partial charge in [-0.1, -0.05) is 56.3 Å². The molecule has 14 heteroatoms. The first-order valence-corrected chi connectivity index (χ1v) is 21.3. The van der Waals surface area contributed by atoms with Gasteiger partial charge in [-0.15, -0.1) is 0 Å². The molecule has 3 N–H and O–H groups in total. The second-order valence-electron chi connectivity index (χ2n) is 18.1. The van der Waals surface area contributed by atoms with E-state index in [1.807, 2.05) is 62.4 Å². The fraction of sp³-hybridized carbons (Fsp3) is 0.565. The largest absolute Gasteiger partial charge is 0.494 e. The van der Waals surface area contributed by atoms with Gasteiger partial charge in [0.05, 0.1) is 38.7 Å². The van der Waals surface area contributed by atoms with Crippen LogP contribution >= 0.6 is 0 Å². The van der Waals surface area contributed by atoms with Crippen LogP contribution in [0.25, 0.3) is 10.9 Å². The maximum atomic E-state index is 15.2.